The molecule has 0 saturated carbocycles. The van der Waals surface area contributed by atoms with Crippen LogP contribution in [0.15, 0.2) is 24.4 Å². The number of rotatable bonds is 4. The number of nitrogens with zero attached hydrogens (tertiary/aromatic N) is 2. The molecule has 0 radical (unpaired) electrons. The van der Waals surface area contributed by atoms with Crippen molar-refractivity contribution in [3.05, 3.63) is 40.8 Å². The van der Waals surface area contributed by atoms with E-state index in [2.05, 4.69) is 9.97 Å². The van der Waals surface area contributed by atoms with Crippen LogP contribution in [0.25, 0.3) is 0 Å². The molecule has 0 spiro atoms. The van der Waals surface area contributed by atoms with Crippen molar-refractivity contribution in [3.63, 3.8) is 0 Å². The number of methoxy groups -OCH3 is 1. The highest BCUT2D eigenvalue weighted by molar-refractivity contribution is 6.28. The lowest BCUT2D eigenvalue weighted by atomic mass is 10.2. The molecule has 2 aromatic rings. The molecule has 0 unspecified atom stereocenters. The van der Waals surface area contributed by atoms with Crippen LogP contribution in [-0.2, 0) is 6.42 Å². The van der Waals surface area contributed by atoms with Gasteiger partial charge in [-0.1, -0.05) is 13.0 Å². The molecular formula is C14H15ClN2O2. The van der Waals surface area contributed by atoms with E-state index in [-0.39, 0.29) is 5.28 Å². The monoisotopic (exact) mass is 278 g/mol. The SMILES string of the molecule is CCc1cnc(Cl)nc1Oc1cc(C)ccc1OC. The van der Waals surface area contributed by atoms with Gasteiger partial charge in [-0.05, 0) is 42.6 Å². The lowest BCUT2D eigenvalue weighted by Crippen LogP contribution is -1.98. The molecule has 0 N–H and O–H groups in total. The number of hydrogen-bond acceptors (Lipinski definition) is 4. The van der Waals surface area contributed by atoms with Gasteiger partial charge in [0, 0.05) is 11.8 Å². The average molecular weight is 279 g/mol. The van der Waals surface area contributed by atoms with Gasteiger partial charge in [-0.2, -0.15) is 4.98 Å². The normalized spacial score (nSPS) is 10.3. The highest BCUT2D eigenvalue weighted by atomic mass is 35.5. The Kier molecular flexibility index (Phi) is 4.22. The van der Waals surface area contributed by atoms with Gasteiger partial charge in [-0.15, -0.1) is 0 Å². The van der Waals surface area contributed by atoms with Gasteiger partial charge in [0.05, 0.1) is 7.11 Å². The highest BCUT2D eigenvalue weighted by Gasteiger charge is 2.11. The van der Waals surface area contributed by atoms with Crippen LogP contribution in [0.1, 0.15) is 18.1 Å². The van der Waals surface area contributed by atoms with E-state index in [1.54, 1.807) is 13.3 Å². The van der Waals surface area contributed by atoms with Crippen molar-refractivity contribution in [2.75, 3.05) is 7.11 Å². The minimum atomic E-state index is 0.166. The van der Waals surface area contributed by atoms with Crippen LogP contribution in [0.4, 0.5) is 0 Å². The quantitative estimate of drug-likeness (QED) is 0.798. The molecule has 1 heterocycles. The summed E-state index contributed by atoms with van der Waals surface area (Å²) < 4.78 is 11.1. The van der Waals surface area contributed by atoms with Gasteiger partial charge in [0.1, 0.15) is 0 Å². The van der Waals surface area contributed by atoms with E-state index in [0.717, 1.165) is 17.5 Å². The highest BCUT2D eigenvalue weighted by Crippen LogP contribution is 2.33. The van der Waals surface area contributed by atoms with Crippen LogP contribution >= 0.6 is 11.6 Å². The standard InChI is InChI=1S/C14H15ClN2O2/c1-4-10-8-16-14(15)17-13(10)19-12-7-9(2)5-6-11(12)18-3/h5-8H,4H2,1-3H3. The maximum absolute atomic E-state index is 5.82. The van der Waals surface area contributed by atoms with Crippen molar-refractivity contribution in [1.82, 2.24) is 9.97 Å². The van der Waals surface area contributed by atoms with E-state index in [1.165, 1.54) is 0 Å². The van der Waals surface area contributed by atoms with Crippen molar-refractivity contribution in [2.45, 2.75) is 20.3 Å². The summed E-state index contributed by atoms with van der Waals surface area (Å²) in [7, 11) is 1.60. The summed E-state index contributed by atoms with van der Waals surface area (Å²) in [6, 6.07) is 5.72. The second-order valence-corrected chi connectivity index (χ2v) is 4.42. The van der Waals surface area contributed by atoms with Crippen LogP contribution in [0.3, 0.4) is 0 Å². The summed E-state index contributed by atoms with van der Waals surface area (Å²) in [5.74, 6) is 1.74. The van der Waals surface area contributed by atoms with Crippen LogP contribution in [0.2, 0.25) is 5.28 Å². The summed E-state index contributed by atoms with van der Waals surface area (Å²) in [6.07, 6.45) is 2.44. The minimum Gasteiger partial charge on any atom is -0.493 e. The maximum Gasteiger partial charge on any atom is 0.226 e. The lowest BCUT2D eigenvalue weighted by Gasteiger charge is -2.12. The fourth-order valence-corrected chi connectivity index (χ4v) is 1.80. The fourth-order valence-electron chi connectivity index (χ4n) is 1.67. The number of halogens is 1. The molecule has 0 saturated heterocycles. The topological polar surface area (TPSA) is 44.2 Å². The van der Waals surface area contributed by atoms with Gasteiger partial charge in [0.25, 0.3) is 0 Å². The first-order valence-electron chi connectivity index (χ1n) is 5.98. The van der Waals surface area contributed by atoms with Gasteiger partial charge < -0.3 is 9.47 Å². The Morgan fingerprint density at radius 1 is 1.26 bits per heavy atom. The number of aromatic nitrogens is 2. The van der Waals surface area contributed by atoms with Crippen LogP contribution in [-0.4, -0.2) is 17.1 Å². The average Bonchev–Trinajstić information content (AvgIpc) is 2.39. The van der Waals surface area contributed by atoms with Crippen molar-refractivity contribution in [3.8, 4) is 17.4 Å². The van der Waals surface area contributed by atoms with E-state index >= 15 is 0 Å². The largest absolute Gasteiger partial charge is 0.493 e. The van der Waals surface area contributed by atoms with Crippen LogP contribution in [0.5, 0.6) is 17.4 Å². The third-order valence-electron chi connectivity index (χ3n) is 2.70. The van der Waals surface area contributed by atoms with Crippen molar-refractivity contribution in [1.29, 1.82) is 0 Å². The molecular weight excluding hydrogens is 264 g/mol. The lowest BCUT2D eigenvalue weighted by molar-refractivity contribution is 0.372. The van der Waals surface area contributed by atoms with Crippen LogP contribution < -0.4 is 9.47 Å². The third kappa shape index (κ3) is 3.15. The predicted octanol–water partition coefficient (Wildman–Crippen LogP) is 3.80. The third-order valence-corrected chi connectivity index (χ3v) is 2.88. The molecule has 0 aliphatic heterocycles. The smallest absolute Gasteiger partial charge is 0.226 e. The van der Waals surface area contributed by atoms with Gasteiger partial charge in [0.15, 0.2) is 11.5 Å². The Morgan fingerprint density at radius 3 is 2.74 bits per heavy atom. The Hall–Kier alpha value is -1.81. The van der Waals surface area contributed by atoms with Crippen LogP contribution in [0, 0.1) is 6.92 Å². The molecule has 2 rings (SSSR count). The second-order valence-electron chi connectivity index (χ2n) is 4.08. The molecule has 0 fully saturated rings. The predicted molar refractivity (Wildman–Crippen MR) is 74.2 cm³/mol. The first-order valence-corrected chi connectivity index (χ1v) is 6.35. The van der Waals surface area contributed by atoms with Gasteiger partial charge >= 0.3 is 0 Å². The van der Waals surface area contributed by atoms with Gasteiger partial charge in [0.2, 0.25) is 11.2 Å². The fraction of sp³-hybridized carbons (Fsp3) is 0.286. The minimum absolute atomic E-state index is 0.166. The van der Waals surface area contributed by atoms with E-state index in [0.29, 0.717) is 17.4 Å². The zero-order valence-corrected chi connectivity index (χ0v) is 11.9. The summed E-state index contributed by atoms with van der Waals surface area (Å²) >= 11 is 5.81. The first-order chi connectivity index (χ1) is 9.13. The number of benzene rings is 1. The van der Waals surface area contributed by atoms with E-state index in [4.69, 9.17) is 21.1 Å². The molecule has 5 heteroatoms. The van der Waals surface area contributed by atoms with Crippen molar-refractivity contribution in [2.24, 2.45) is 0 Å². The molecule has 100 valence electrons. The molecule has 4 nitrogen and oxygen atoms in total. The van der Waals surface area contributed by atoms with E-state index in [9.17, 15) is 0 Å². The number of hydrogen-bond donors (Lipinski definition) is 0. The molecule has 0 aliphatic rings. The van der Waals surface area contributed by atoms with Crippen molar-refractivity contribution < 1.29 is 9.47 Å². The maximum atomic E-state index is 5.82. The Bertz CT molecular complexity index is 536. The molecule has 0 aliphatic carbocycles. The van der Waals surface area contributed by atoms with E-state index in [1.807, 2.05) is 32.0 Å². The molecule has 0 bridgehead atoms. The number of ether oxygens (including phenoxy) is 2. The number of aryl methyl sites for hydroxylation is 2. The first kappa shape index (κ1) is 13.6. The Balaban J connectivity index is 2.40. The summed E-state index contributed by atoms with van der Waals surface area (Å²) in [4.78, 5) is 8.08. The second kappa shape index (κ2) is 5.89. The summed E-state index contributed by atoms with van der Waals surface area (Å²) in [5, 5.41) is 0.166. The molecule has 0 amide bonds. The zero-order valence-electron chi connectivity index (χ0n) is 11.1. The van der Waals surface area contributed by atoms with Crippen molar-refractivity contribution >= 4 is 11.6 Å². The molecule has 1 aromatic heterocycles. The summed E-state index contributed by atoms with van der Waals surface area (Å²) in [5.41, 5.74) is 1.97. The molecule has 1 aromatic carbocycles. The molecule has 0 atom stereocenters. The van der Waals surface area contributed by atoms with E-state index < -0.39 is 0 Å². The Labute approximate surface area is 117 Å². The van der Waals surface area contributed by atoms with Gasteiger partial charge in [-0.3, -0.25) is 0 Å². The Morgan fingerprint density at radius 2 is 2.05 bits per heavy atom. The summed E-state index contributed by atoms with van der Waals surface area (Å²) in [6.45, 7) is 3.99. The van der Waals surface area contributed by atoms with Gasteiger partial charge in [-0.25, -0.2) is 4.98 Å². The zero-order chi connectivity index (χ0) is 13.8. The molecule has 19 heavy (non-hydrogen) atoms.